The van der Waals surface area contributed by atoms with E-state index in [4.69, 9.17) is 4.98 Å². The van der Waals surface area contributed by atoms with Crippen molar-refractivity contribution in [2.45, 2.75) is 109 Å². The fraction of sp³-hybridized carbons (Fsp3) is 0.852. The first-order valence-electron chi connectivity index (χ1n) is 14.1. The highest BCUT2D eigenvalue weighted by Gasteiger charge is 2.38. The van der Waals surface area contributed by atoms with Crippen LogP contribution in [0, 0.1) is 0 Å². The van der Waals surface area contributed by atoms with E-state index in [-0.39, 0.29) is 0 Å². The molecule has 3 aliphatic rings. The third-order valence-corrected chi connectivity index (χ3v) is 8.39. The molecule has 2 saturated heterocycles. The number of nitrogens with one attached hydrogen (secondary N) is 1. The SMILES string of the molecule is CCN(CC)CCCC1C(Nc2nccc(N3CCCCCC3)n2)CCN1C1CCCCC1. The second-order valence-electron chi connectivity index (χ2n) is 10.4. The van der Waals surface area contributed by atoms with Crippen molar-refractivity contribution in [3.63, 3.8) is 0 Å². The second-order valence-corrected chi connectivity index (χ2v) is 10.4. The Morgan fingerprint density at radius 3 is 2.39 bits per heavy atom. The zero-order valence-corrected chi connectivity index (χ0v) is 21.4. The summed E-state index contributed by atoms with van der Waals surface area (Å²) in [5.74, 6) is 1.94. The molecule has 186 valence electrons. The predicted molar refractivity (Wildman–Crippen MR) is 139 cm³/mol. The fourth-order valence-electron chi connectivity index (χ4n) is 6.40. The third-order valence-electron chi connectivity index (χ3n) is 8.39. The quantitative estimate of drug-likeness (QED) is 0.524. The van der Waals surface area contributed by atoms with Crippen LogP contribution in [0.5, 0.6) is 0 Å². The van der Waals surface area contributed by atoms with Gasteiger partial charge in [-0.05, 0) is 70.6 Å². The van der Waals surface area contributed by atoms with E-state index < -0.39 is 0 Å². The molecular formula is C27H48N6. The minimum Gasteiger partial charge on any atom is -0.356 e. The van der Waals surface area contributed by atoms with E-state index in [1.54, 1.807) is 0 Å². The topological polar surface area (TPSA) is 47.5 Å². The molecule has 0 aromatic carbocycles. The van der Waals surface area contributed by atoms with Gasteiger partial charge in [0.25, 0.3) is 0 Å². The largest absolute Gasteiger partial charge is 0.356 e. The first kappa shape index (κ1) is 24.7. The number of anilines is 2. The van der Waals surface area contributed by atoms with Crippen LogP contribution in [0.4, 0.5) is 11.8 Å². The van der Waals surface area contributed by atoms with Gasteiger partial charge in [-0.15, -0.1) is 0 Å². The summed E-state index contributed by atoms with van der Waals surface area (Å²) < 4.78 is 0. The molecule has 0 spiro atoms. The number of hydrogen-bond donors (Lipinski definition) is 1. The molecule has 0 bridgehead atoms. The van der Waals surface area contributed by atoms with E-state index in [2.05, 4.69) is 44.9 Å². The Morgan fingerprint density at radius 2 is 1.67 bits per heavy atom. The molecular weight excluding hydrogens is 408 g/mol. The Hall–Kier alpha value is -1.40. The molecule has 1 N–H and O–H groups in total. The van der Waals surface area contributed by atoms with Gasteiger partial charge >= 0.3 is 0 Å². The molecule has 6 heteroatoms. The maximum Gasteiger partial charge on any atom is 0.224 e. The summed E-state index contributed by atoms with van der Waals surface area (Å²) >= 11 is 0. The summed E-state index contributed by atoms with van der Waals surface area (Å²) in [5, 5.41) is 3.82. The first-order chi connectivity index (χ1) is 16.3. The molecule has 3 fully saturated rings. The van der Waals surface area contributed by atoms with Crippen LogP contribution < -0.4 is 10.2 Å². The molecule has 33 heavy (non-hydrogen) atoms. The van der Waals surface area contributed by atoms with E-state index >= 15 is 0 Å². The van der Waals surface area contributed by atoms with E-state index in [1.807, 2.05) is 6.20 Å². The lowest BCUT2D eigenvalue weighted by atomic mass is 9.92. The lowest BCUT2D eigenvalue weighted by Crippen LogP contribution is -2.45. The molecule has 1 aromatic rings. The summed E-state index contributed by atoms with van der Waals surface area (Å²) in [6.07, 6.45) is 18.0. The highest BCUT2D eigenvalue weighted by Crippen LogP contribution is 2.32. The van der Waals surface area contributed by atoms with Crippen LogP contribution in [0.2, 0.25) is 0 Å². The van der Waals surface area contributed by atoms with Crippen LogP contribution in [0.1, 0.15) is 90.9 Å². The van der Waals surface area contributed by atoms with E-state index in [1.165, 1.54) is 90.1 Å². The molecule has 4 rings (SSSR count). The highest BCUT2D eigenvalue weighted by molar-refractivity contribution is 5.43. The molecule has 6 nitrogen and oxygen atoms in total. The minimum absolute atomic E-state index is 0.461. The number of hydrogen-bond acceptors (Lipinski definition) is 6. The smallest absolute Gasteiger partial charge is 0.224 e. The fourth-order valence-corrected chi connectivity index (χ4v) is 6.40. The Bertz CT molecular complexity index is 679. The summed E-state index contributed by atoms with van der Waals surface area (Å²) in [6.45, 7) is 11.6. The summed E-state index contributed by atoms with van der Waals surface area (Å²) in [5.41, 5.74) is 0. The highest BCUT2D eigenvalue weighted by atomic mass is 15.3. The lowest BCUT2D eigenvalue weighted by molar-refractivity contribution is 0.129. The second kappa shape index (κ2) is 12.9. The van der Waals surface area contributed by atoms with Crippen molar-refractivity contribution in [2.24, 2.45) is 0 Å². The van der Waals surface area contributed by atoms with E-state index in [0.29, 0.717) is 12.1 Å². The van der Waals surface area contributed by atoms with Gasteiger partial charge in [0.2, 0.25) is 5.95 Å². The first-order valence-corrected chi connectivity index (χ1v) is 14.1. The van der Waals surface area contributed by atoms with Crippen molar-refractivity contribution < 1.29 is 0 Å². The van der Waals surface area contributed by atoms with Gasteiger partial charge in [-0.1, -0.05) is 46.0 Å². The maximum atomic E-state index is 4.99. The molecule has 1 saturated carbocycles. The van der Waals surface area contributed by atoms with Gasteiger partial charge < -0.3 is 15.1 Å². The van der Waals surface area contributed by atoms with E-state index in [0.717, 1.165) is 44.0 Å². The molecule has 2 unspecified atom stereocenters. The lowest BCUT2D eigenvalue weighted by Gasteiger charge is -2.37. The molecule has 0 amide bonds. The van der Waals surface area contributed by atoms with Crippen LogP contribution >= 0.6 is 0 Å². The maximum absolute atomic E-state index is 4.99. The van der Waals surface area contributed by atoms with Gasteiger partial charge in [-0.25, -0.2) is 4.98 Å². The number of rotatable bonds is 10. The van der Waals surface area contributed by atoms with Gasteiger partial charge in [0, 0.05) is 44.0 Å². The zero-order chi connectivity index (χ0) is 22.9. The average Bonchev–Trinajstić information content (AvgIpc) is 3.06. The Labute approximate surface area is 202 Å². The van der Waals surface area contributed by atoms with Crippen molar-refractivity contribution in [2.75, 3.05) is 49.5 Å². The minimum atomic E-state index is 0.461. The Morgan fingerprint density at radius 1 is 0.939 bits per heavy atom. The normalized spacial score (nSPS) is 25.5. The standard InChI is InChI=1S/C27H48N6/c1-3-31(4-2)19-12-15-25-24(17-22-33(25)23-13-8-7-9-14-23)29-27-28-18-16-26(30-27)32-20-10-5-6-11-21-32/h16,18,23-25H,3-15,17,19-22H2,1-2H3,(H,28,29,30). The zero-order valence-electron chi connectivity index (χ0n) is 21.4. The number of nitrogens with zero attached hydrogens (tertiary/aromatic N) is 5. The van der Waals surface area contributed by atoms with Crippen molar-refractivity contribution in [3.8, 4) is 0 Å². The van der Waals surface area contributed by atoms with Gasteiger partial charge in [0.05, 0.1) is 0 Å². The van der Waals surface area contributed by atoms with Gasteiger partial charge in [-0.3, -0.25) is 4.90 Å². The Kier molecular flexibility index (Phi) is 9.66. The molecule has 1 aliphatic carbocycles. The van der Waals surface area contributed by atoms with Crippen molar-refractivity contribution >= 4 is 11.8 Å². The van der Waals surface area contributed by atoms with Crippen molar-refractivity contribution in [1.29, 1.82) is 0 Å². The molecule has 3 heterocycles. The molecule has 0 radical (unpaired) electrons. The predicted octanol–water partition coefficient (Wildman–Crippen LogP) is 5.17. The summed E-state index contributed by atoms with van der Waals surface area (Å²) in [4.78, 5) is 17.5. The van der Waals surface area contributed by atoms with Gasteiger partial charge in [-0.2, -0.15) is 4.98 Å². The molecule has 1 aromatic heterocycles. The van der Waals surface area contributed by atoms with Crippen LogP contribution in [0.25, 0.3) is 0 Å². The van der Waals surface area contributed by atoms with Crippen LogP contribution in [0.3, 0.4) is 0 Å². The molecule has 2 aliphatic heterocycles. The third kappa shape index (κ3) is 6.82. The van der Waals surface area contributed by atoms with E-state index in [9.17, 15) is 0 Å². The van der Waals surface area contributed by atoms with Gasteiger partial charge in [0.1, 0.15) is 5.82 Å². The van der Waals surface area contributed by atoms with Crippen molar-refractivity contribution in [3.05, 3.63) is 12.3 Å². The monoisotopic (exact) mass is 456 g/mol. The van der Waals surface area contributed by atoms with Crippen molar-refractivity contribution in [1.82, 2.24) is 19.8 Å². The number of aromatic nitrogens is 2. The number of likely N-dealkylation sites (tertiary alicyclic amines) is 1. The van der Waals surface area contributed by atoms with Crippen LogP contribution in [-0.4, -0.2) is 77.2 Å². The average molecular weight is 457 g/mol. The summed E-state index contributed by atoms with van der Waals surface area (Å²) in [6, 6.07) is 3.95. The van der Waals surface area contributed by atoms with Crippen LogP contribution in [-0.2, 0) is 0 Å². The molecule has 2 atom stereocenters. The summed E-state index contributed by atoms with van der Waals surface area (Å²) in [7, 11) is 0. The van der Waals surface area contributed by atoms with Crippen LogP contribution in [0.15, 0.2) is 12.3 Å². The van der Waals surface area contributed by atoms with Gasteiger partial charge in [0.15, 0.2) is 0 Å². The Balaban J connectivity index is 1.42.